The van der Waals surface area contributed by atoms with Gasteiger partial charge in [-0.25, -0.2) is 18.2 Å². The fourth-order valence-electron chi connectivity index (χ4n) is 1.42. The Labute approximate surface area is 117 Å². The Morgan fingerprint density at radius 3 is 2.65 bits per heavy atom. The van der Waals surface area contributed by atoms with Gasteiger partial charge in [0.05, 0.1) is 0 Å². The third-order valence-corrected chi connectivity index (χ3v) is 4.49. The molecule has 11 heteroatoms. The van der Waals surface area contributed by atoms with E-state index < -0.39 is 22.0 Å². The Bertz CT molecular complexity index is 757. The summed E-state index contributed by atoms with van der Waals surface area (Å²) in [6.45, 7) is 0. The first kappa shape index (κ1) is 14.7. The van der Waals surface area contributed by atoms with E-state index in [1.54, 1.807) is 0 Å². The predicted molar refractivity (Wildman–Crippen MR) is 69.5 cm³/mol. The number of hydrogen-bond acceptors (Lipinski definition) is 8. The van der Waals surface area contributed by atoms with Gasteiger partial charge >= 0.3 is 5.97 Å². The lowest BCUT2D eigenvalue weighted by molar-refractivity contribution is -0.137. The Morgan fingerprint density at radius 2 is 2.05 bits per heavy atom. The van der Waals surface area contributed by atoms with E-state index in [1.165, 1.54) is 12.1 Å². The first-order chi connectivity index (χ1) is 9.30. The zero-order chi connectivity index (χ0) is 14.9. The first-order valence-electron chi connectivity index (χ1n) is 5.20. The Hall–Kier alpha value is -1.69. The second-order valence-electron chi connectivity index (χ2n) is 3.82. The number of aromatic nitrogens is 2. The molecule has 5 N–H and O–H groups in total. The van der Waals surface area contributed by atoms with Crippen LogP contribution >= 0.6 is 11.8 Å². The summed E-state index contributed by atoms with van der Waals surface area (Å²) in [7, 11) is -3.95. The van der Waals surface area contributed by atoms with Crippen molar-refractivity contribution in [2.75, 3.05) is 5.75 Å². The van der Waals surface area contributed by atoms with E-state index in [-0.39, 0.29) is 21.7 Å². The quantitative estimate of drug-likeness (QED) is 0.609. The number of fused-ring (bicyclic) bond motifs is 1. The van der Waals surface area contributed by atoms with Crippen LogP contribution in [0.5, 0.6) is 0 Å². The minimum absolute atomic E-state index is 0.00129. The Kier molecular flexibility index (Phi) is 3.94. The predicted octanol–water partition coefficient (Wildman–Crippen LogP) is -0.626. The average molecular weight is 318 g/mol. The number of benzene rings is 1. The van der Waals surface area contributed by atoms with E-state index in [0.717, 1.165) is 11.8 Å². The van der Waals surface area contributed by atoms with Crippen molar-refractivity contribution in [1.29, 1.82) is 0 Å². The first-order valence-corrected chi connectivity index (χ1v) is 7.73. The normalized spacial score (nSPS) is 13.5. The van der Waals surface area contributed by atoms with Gasteiger partial charge in [0.2, 0.25) is 10.0 Å². The van der Waals surface area contributed by atoms with E-state index in [9.17, 15) is 13.2 Å². The molecule has 1 atom stereocenters. The summed E-state index contributed by atoms with van der Waals surface area (Å²) < 4.78 is 27.3. The highest BCUT2D eigenvalue weighted by atomic mass is 32.2. The zero-order valence-corrected chi connectivity index (χ0v) is 11.5. The van der Waals surface area contributed by atoms with Crippen LogP contribution in [0.2, 0.25) is 0 Å². The molecule has 0 spiro atoms. The molecule has 2 aromatic rings. The number of carbonyl (C=O) groups is 1. The van der Waals surface area contributed by atoms with Gasteiger partial charge in [-0.05, 0) is 22.4 Å². The molecule has 0 radical (unpaired) electrons. The molecule has 0 aliphatic carbocycles. The monoisotopic (exact) mass is 318 g/mol. The highest BCUT2D eigenvalue weighted by Crippen LogP contribution is 2.29. The maximum atomic E-state index is 11.4. The van der Waals surface area contributed by atoms with Crippen molar-refractivity contribution in [1.82, 2.24) is 10.3 Å². The smallest absolute Gasteiger partial charge is 0.321 e. The van der Waals surface area contributed by atoms with Gasteiger partial charge < -0.3 is 10.8 Å². The SMILES string of the molecule is NC(CSc1ccc(S(N)(=O)=O)c2nonc12)C(=O)O. The lowest BCUT2D eigenvalue weighted by Gasteiger charge is -2.06. The van der Waals surface area contributed by atoms with Crippen molar-refractivity contribution in [3.05, 3.63) is 12.1 Å². The van der Waals surface area contributed by atoms with Gasteiger partial charge in [-0.1, -0.05) is 0 Å². The summed E-state index contributed by atoms with van der Waals surface area (Å²) in [6, 6.07) is 1.66. The van der Waals surface area contributed by atoms with Crippen molar-refractivity contribution in [2.24, 2.45) is 10.9 Å². The van der Waals surface area contributed by atoms with Gasteiger partial charge in [0.15, 0.2) is 5.52 Å². The van der Waals surface area contributed by atoms with E-state index in [4.69, 9.17) is 16.0 Å². The Balaban J connectivity index is 2.38. The third kappa shape index (κ3) is 2.90. The van der Waals surface area contributed by atoms with Gasteiger partial charge in [0.1, 0.15) is 16.5 Å². The van der Waals surface area contributed by atoms with E-state index in [1.807, 2.05) is 0 Å². The third-order valence-electron chi connectivity index (χ3n) is 2.38. The molecule has 0 amide bonds. The van der Waals surface area contributed by atoms with Gasteiger partial charge in [-0.2, -0.15) is 0 Å². The number of carboxylic acid groups (broad SMARTS) is 1. The largest absolute Gasteiger partial charge is 0.480 e. The zero-order valence-electron chi connectivity index (χ0n) is 9.88. The number of nitrogens with zero attached hydrogens (tertiary/aromatic N) is 2. The molecule has 0 bridgehead atoms. The molecule has 1 aromatic carbocycles. The summed E-state index contributed by atoms with van der Waals surface area (Å²) in [4.78, 5) is 10.9. The molecule has 1 heterocycles. The molecule has 2 rings (SSSR count). The molecule has 0 aliphatic rings. The van der Waals surface area contributed by atoms with E-state index in [0.29, 0.717) is 4.90 Å². The van der Waals surface area contributed by atoms with Crippen molar-refractivity contribution in [3.63, 3.8) is 0 Å². The topological polar surface area (TPSA) is 162 Å². The summed E-state index contributed by atoms with van der Waals surface area (Å²) in [6.07, 6.45) is 0. The van der Waals surface area contributed by atoms with E-state index in [2.05, 4.69) is 14.9 Å². The summed E-state index contributed by atoms with van der Waals surface area (Å²) in [5.41, 5.74) is 5.58. The number of carboxylic acids is 1. The second-order valence-corrected chi connectivity index (χ2v) is 6.42. The van der Waals surface area contributed by atoms with Crippen LogP contribution in [0.3, 0.4) is 0 Å². The molecule has 1 unspecified atom stereocenters. The molecule has 20 heavy (non-hydrogen) atoms. The number of nitrogens with two attached hydrogens (primary N) is 2. The maximum absolute atomic E-state index is 11.4. The van der Waals surface area contributed by atoms with Crippen LogP contribution in [0, 0.1) is 0 Å². The number of sulfonamides is 1. The number of rotatable bonds is 5. The molecule has 0 fully saturated rings. The number of thioether (sulfide) groups is 1. The number of aliphatic carboxylic acids is 1. The summed E-state index contributed by atoms with van der Waals surface area (Å²) in [5, 5.41) is 20.9. The van der Waals surface area contributed by atoms with Gasteiger partial charge in [0.25, 0.3) is 0 Å². The lowest BCUT2D eigenvalue weighted by atomic mass is 10.3. The molecule has 0 saturated heterocycles. The molecule has 9 nitrogen and oxygen atoms in total. The summed E-state index contributed by atoms with van der Waals surface area (Å²) in [5.74, 6) is -1.04. The number of hydrogen-bond donors (Lipinski definition) is 3. The second kappa shape index (κ2) is 5.36. The fraction of sp³-hybridized carbons (Fsp3) is 0.222. The van der Waals surface area contributed by atoms with Crippen molar-refractivity contribution < 1.29 is 22.9 Å². The molecular weight excluding hydrogens is 308 g/mol. The van der Waals surface area contributed by atoms with Crippen LogP contribution in [-0.2, 0) is 14.8 Å². The van der Waals surface area contributed by atoms with Crippen LogP contribution in [-0.4, -0.2) is 41.6 Å². The standard InChI is InChI=1S/C9H10N4O5S2/c10-4(9(14)15)3-19-5-1-2-6(20(11,16)17)8-7(5)12-18-13-8/h1-2,4H,3,10H2,(H,14,15)(H2,11,16,17). The fourth-order valence-corrected chi connectivity index (χ4v) is 3.02. The van der Waals surface area contributed by atoms with Crippen LogP contribution < -0.4 is 10.9 Å². The van der Waals surface area contributed by atoms with Crippen molar-refractivity contribution in [2.45, 2.75) is 15.8 Å². The van der Waals surface area contributed by atoms with Gasteiger partial charge in [0, 0.05) is 10.6 Å². The lowest BCUT2D eigenvalue weighted by Crippen LogP contribution is -2.32. The van der Waals surface area contributed by atoms with Crippen molar-refractivity contribution in [3.8, 4) is 0 Å². The van der Waals surface area contributed by atoms with Crippen LogP contribution in [0.4, 0.5) is 0 Å². The molecule has 1 aromatic heterocycles. The van der Waals surface area contributed by atoms with E-state index >= 15 is 0 Å². The van der Waals surface area contributed by atoms with Crippen LogP contribution in [0.25, 0.3) is 11.0 Å². The Morgan fingerprint density at radius 1 is 1.40 bits per heavy atom. The summed E-state index contributed by atoms with van der Waals surface area (Å²) >= 11 is 1.11. The minimum Gasteiger partial charge on any atom is -0.480 e. The molecule has 108 valence electrons. The van der Waals surface area contributed by atoms with Crippen molar-refractivity contribution >= 4 is 38.8 Å². The minimum atomic E-state index is -3.95. The van der Waals surface area contributed by atoms with Gasteiger partial charge in [-0.3, -0.25) is 4.79 Å². The number of primary sulfonamides is 1. The molecule has 0 saturated carbocycles. The molecular formula is C9H10N4O5S2. The average Bonchev–Trinajstić information content (AvgIpc) is 2.82. The van der Waals surface area contributed by atoms with Gasteiger partial charge in [-0.15, -0.1) is 11.8 Å². The van der Waals surface area contributed by atoms with Crippen LogP contribution in [0.1, 0.15) is 0 Å². The van der Waals surface area contributed by atoms with Crippen LogP contribution in [0.15, 0.2) is 26.6 Å². The molecule has 0 aliphatic heterocycles. The highest BCUT2D eigenvalue weighted by Gasteiger charge is 2.20. The maximum Gasteiger partial charge on any atom is 0.321 e. The highest BCUT2D eigenvalue weighted by molar-refractivity contribution is 7.99.